The molecule has 0 radical (unpaired) electrons. The number of nitrogens with zero attached hydrogens (tertiary/aromatic N) is 4. The van der Waals surface area contributed by atoms with E-state index in [9.17, 15) is 18.0 Å². The number of hydrogen-bond donors (Lipinski definition) is 3. The largest absolute Gasteiger partial charge is 0.417 e. The molecular weight excluding hydrogens is 375 g/mol. The van der Waals surface area contributed by atoms with E-state index in [-0.39, 0.29) is 17.2 Å². The number of anilines is 3. The molecule has 11 heteroatoms. The van der Waals surface area contributed by atoms with Crippen LogP contribution in [-0.4, -0.2) is 59.3 Å². The van der Waals surface area contributed by atoms with Gasteiger partial charge in [0.2, 0.25) is 5.95 Å². The lowest BCUT2D eigenvalue weighted by Gasteiger charge is -2.21. The van der Waals surface area contributed by atoms with Gasteiger partial charge >= 0.3 is 6.18 Å². The summed E-state index contributed by atoms with van der Waals surface area (Å²) in [6, 6.07) is 2.35. The van der Waals surface area contributed by atoms with E-state index < -0.39 is 17.3 Å². The Bertz CT molecular complexity index is 908. The fourth-order valence-corrected chi connectivity index (χ4v) is 2.96. The lowest BCUT2D eigenvalue weighted by Crippen LogP contribution is -2.33. The first-order valence-corrected chi connectivity index (χ1v) is 8.55. The lowest BCUT2D eigenvalue weighted by molar-refractivity contribution is -0.137. The average Bonchev–Trinajstić information content (AvgIpc) is 3.12. The summed E-state index contributed by atoms with van der Waals surface area (Å²) in [4.78, 5) is 27.1. The van der Waals surface area contributed by atoms with Crippen LogP contribution in [0.2, 0.25) is 0 Å². The molecule has 3 rings (SSSR count). The third kappa shape index (κ3) is 4.14. The number of hydrogen-bond acceptors (Lipinski definition) is 7. The SMILES string of the molecule is CN(C)C1CCN(c2nc(Nc3ccc(C(F)(F)F)cn3)c(C=N)c(=O)[nH]2)C1. The van der Waals surface area contributed by atoms with E-state index in [1.165, 1.54) is 0 Å². The van der Waals surface area contributed by atoms with Gasteiger partial charge in [-0.15, -0.1) is 0 Å². The molecule has 1 aliphatic heterocycles. The Balaban J connectivity index is 1.89. The van der Waals surface area contributed by atoms with Crippen molar-refractivity contribution >= 4 is 23.8 Å². The van der Waals surface area contributed by atoms with Crippen LogP contribution in [0.3, 0.4) is 0 Å². The van der Waals surface area contributed by atoms with Crippen LogP contribution in [0.4, 0.5) is 30.8 Å². The predicted molar refractivity (Wildman–Crippen MR) is 99.6 cm³/mol. The normalized spacial score (nSPS) is 17.2. The number of H-pyrrole nitrogens is 1. The Kier molecular flexibility index (Phi) is 5.36. The van der Waals surface area contributed by atoms with Crippen LogP contribution in [0.1, 0.15) is 17.5 Å². The monoisotopic (exact) mass is 395 g/mol. The summed E-state index contributed by atoms with van der Waals surface area (Å²) in [6.07, 6.45) is -2.04. The molecule has 1 aliphatic rings. The Morgan fingerprint density at radius 2 is 2.14 bits per heavy atom. The summed E-state index contributed by atoms with van der Waals surface area (Å²) < 4.78 is 38.0. The molecule has 3 heterocycles. The Morgan fingerprint density at radius 1 is 1.39 bits per heavy atom. The van der Waals surface area contributed by atoms with Crippen molar-refractivity contribution < 1.29 is 13.2 Å². The standard InChI is InChI=1S/C17H20F3N7O/c1-26(2)11-5-6-27(9-11)16-24-14(12(7-21)15(28)25-16)23-13-4-3-10(8-22-13)17(18,19)20/h3-4,7-8,11,21H,5-6,9H2,1-2H3,(H2,22,23,24,25,28). The van der Waals surface area contributed by atoms with Crippen LogP contribution < -0.4 is 15.8 Å². The van der Waals surface area contributed by atoms with Gasteiger partial charge in [-0.1, -0.05) is 0 Å². The van der Waals surface area contributed by atoms with Crippen LogP contribution in [0, 0.1) is 5.41 Å². The molecule has 0 aliphatic carbocycles. The number of aromatic amines is 1. The molecule has 0 bridgehead atoms. The second-order valence-electron chi connectivity index (χ2n) is 6.70. The molecule has 28 heavy (non-hydrogen) atoms. The predicted octanol–water partition coefficient (Wildman–Crippen LogP) is 2.07. The third-order valence-corrected chi connectivity index (χ3v) is 4.62. The second-order valence-corrected chi connectivity index (χ2v) is 6.70. The number of nitrogens with one attached hydrogen (secondary N) is 3. The van der Waals surface area contributed by atoms with E-state index in [4.69, 9.17) is 5.41 Å². The van der Waals surface area contributed by atoms with Crippen molar-refractivity contribution in [1.29, 1.82) is 5.41 Å². The first kappa shape index (κ1) is 19.8. The molecular formula is C17H20F3N7O. The average molecular weight is 395 g/mol. The van der Waals surface area contributed by atoms with Crippen LogP contribution in [0.5, 0.6) is 0 Å². The molecule has 0 aromatic carbocycles. The third-order valence-electron chi connectivity index (χ3n) is 4.62. The van der Waals surface area contributed by atoms with Gasteiger partial charge in [0.15, 0.2) is 0 Å². The molecule has 3 N–H and O–H groups in total. The quantitative estimate of drug-likeness (QED) is 0.670. The highest BCUT2D eigenvalue weighted by Gasteiger charge is 2.31. The highest BCUT2D eigenvalue weighted by Crippen LogP contribution is 2.29. The van der Waals surface area contributed by atoms with Crippen LogP contribution in [0.25, 0.3) is 0 Å². The number of halogens is 3. The van der Waals surface area contributed by atoms with Gasteiger partial charge in [-0.25, -0.2) is 4.98 Å². The minimum Gasteiger partial charge on any atom is -0.341 e. The van der Waals surface area contributed by atoms with Crippen LogP contribution >= 0.6 is 0 Å². The number of likely N-dealkylation sites (N-methyl/N-ethyl adjacent to an activating group) is 1. The maximum absolute atomic E-state index is 12.7. The highest BCUT2D eigenvalue weighted by molar-refractivity contribution is 5.85. The first-order valence-electron chi connectivity index (χ1n) is 8.55. The van der Waals surface area contributed by atoms with E-state index in [0.29, 0.717) is 31.3 Å². The van der Waals surface area contributed by atoms with Gasteiger partial charge in [0.05, 0.1) is 5.56 Å². The topological polar surface area (TPSA) is 101 Å². The maximum atomic E-state index is 12.7. The summed E-state index contributed by atoms with van der Waals surface area (Å²) in [5, 5.41) is 10.2. The summed E-state index contributed by atoms with van der Waals surface area (Å²) in [6.45, 7) is 1.38. The van der Waals surface area contributed by atoms with Gasteiger partial charge in [0.1, 0.15) is 17.2 Å². The molecule has 1 fully saturated rings. The first-order chi connectivity index (χ1) is 13.2. The molecule has 1 unspecified atom stereocenters. The molecule has 150 valence electrons. The zero-order chi connectivity index (χ0) is 20.5. The fraction of sp³-hybridized carbons (Fsp3) is 0.412. The maximum Gasteiger partial charge on any atom is 0.417 e. The second kappa shape index (κ2) is 7.58. The number of rotatable bonds is 5. The fourth-order valence-electron chi connectivity index (χ4n) is 2.96. The number of aromatic nitrogens is 3. The van der Waals surface area contributed by atoms with E-state index >= 15 is 0 Å². The molecule has 1 atom stereocenters. The minimum atomic E-state index is -4.49. The molecule has 2 aromatic rings. The number of pyridine rings is 1. The summed E-state index contributed by atoms with van der Waals surface area (Å²) in [7, 11) is 3.96. The van der Waals surface area contributed by atoms with Gasteiger partial charge in [-0.3, -0.25) is 9.78 Å². The van der Waals surface area contributed by atoms with Crippen molar-refractivity contribution in [2.75, 3.05) is 37.4 Å². The Morgan fingerprint density at radius 3 is 2.68 bits per heavy atom. The minimum absolute atomic E-state index is 0.0335. The molecule has 0 saturated carbocycles. The van der Waals surface area contributed by atoms with Crippen molar-refractivity contribution in [2.45, 2.75) is 18.6 Å². The summed E-state index contributed by atoms with van der Waals surface area (Å²) >= 11 is 0. The Hall–Kier alpha value is -2.95. The van der Waals surface area contributed by atoms with Crippen molar-refractivity contribution in [1.82, 2.24) is 19.9 Å². The molecule has 0 amide bonds. The van der Waals surface area contributed by atoms with Gasteiger partial charge in [-0.05, 0) is 32.6 Å². The van der Waals surface area contributed by atoms with Gasteiger partial charge < -0.3 is 20.5 Å². The Labute approximate surface area is 158 Å². The molecule has 8 nitrogen and oxygen atoms in total. The van der Waals surface area contributed by atoms with Gasteiger partial charge in [0.25, 0.3) is 5.56 Å². The van der Waals surface area contributed by atoms with Crippen LogP contribution in [-0.2, 0) is 6.18 Å². The van der Waals surface area contributed by atoms with Crippen molar-refractivity contribution in [2.24, 2.45) is 0 Å². The smallest absolute Gasteiger partial charge is 0.341 e. The van der Waals surface area contributed by atoms with Gasteiger partial charge in [-0.2, -0.15) is 18.2 Å². The van der Waals surface area contributed by atoms with Crippen molar-refractivity contribution in [3.63, 3.8) is 0 Å². The molecule has 2 aromatic heterocycles. The zero-order valence-electron chi connectivity index (χ0n) is 15.3. The summed E-state index contributed by atoms with van der Waals surface area (Å²) in [5.41, 5.74) is -1.42. The summed E-state index contributed by atoms with van der Waals surface area (Å²) in [5.74, 6) is 0.497. The molecule has 0 spiro atoms. The van der Waals surface area contributed by atoms with Crippen molar-refractivity contribution in [3.05, 3.63) is 39.8 Å². The van der Waals surface area contributed by atoms with E-state index in [1.807, 2.05) is 19.0 Å². The lowest BCUT2D eigenvalue weighted by atomic mass is 10.2. The van der Waals surface area contributed by atoms with E-state index in [2.05, 4.69) is 25.2 Å². The van der Waals surface area contributed by atoms with Gasteiger partial charge in [0, 0.05) is 31.5 Å². The number of alkyl halides is 3. The van der Waals surface area contributed by atoms with Crippen LogP contribution in [0.15, 0.2) is 23.1 Å². The zero-order valence-corrected chi connectivity index (χ0v) is 15.3. The molecule has 1 saturated heterocycles. The van der Waals surface area contributed by atoms with E-state index in [0.717, 1.165) is 24.8 Å². The van der Waals surface area contributed by atoms with Crippen molar-refractivity contribution in [3.8, 4) is 0 Å². The van der Waals surface area contributed by atoms with E-state index in [1.54, 1.807) is 0 Å². The highest BCUT2D eigenvalue weighted by atomic mass is 19.4.